The average molecular weight is 226 g/mol. The monoisotopic (exact) mass is 226 g/mol. The highest BCUT2D eigenvalue weighted by Gasteiger charge is 2.16. The lowest BCUT2D eigenvalue weighted by molar-refractivity contribution is 0.627. The van der Waals surface area contributed by atoms with Crippen molar-refractivity contribution in [3.05, 3.63) is 59.4 Å². The zero-order valence-electron chi connectivity index (χ0n) is 9.23. The van der Waals surface area contributed by atoms with Gasteiger partial charge in [0, 0.05) is 18.0 Å². The Morgan fingerprint density at radius 3 is 2.76 bits per heavy atom. The number of hydrogen-bond donors (Lipinski definition) is 0. The summed E-state index contributed by atoms with van der Waals surface area (Å²) in [7, 11) is 0. The zero-order valence-corrected chi connectivity index (χ0v) is 9.23. The third-order valence-corrected chi connectivity index (χ3v) is 3.00. The Morgan fingerprint density at radius 2 is 1.94 bits per heavy atom. The van der Waals surface area contributed by atoms with E-state index in [-0.39, 0.29) is 5.82 Å². The minimum Gasteiger partial charge on any atom is -0.244 e. The summed E-state index contributed by atoms with van der Waals surface area (Å²) in [5, 5.41) is 0. The molecule has 84 valence electrons. The molecule has 3 rings (SSSR count). The van der Waals surface area contributed by atoms with E-state index in [4.69, 9.17) is 0 Å². The van der Waals surface area contributed by atoms with Crippen LogP contribution in [0.2, 0.25) is 0 Å². The van der Waals surface area contributed by atoms with Gasteiger partial charge in [-0.15, -0.1) is 0 Å². The molecule has 0 saturated carbocycles. The van der Waals surface area contributed by atoms with Crippen molar-refractivity contribution in [3.63, 3.8) is 0 Å². The van der Waals surface area contributed by atoms with E-state index in [0.717, 1.165) is 29.5 Å². The highest BCUT2D eigenvalue weighted by molar-refractivity contribution is 5.85. The Bertz CT molecular complexity index is 576. The van der Waals surface area contributed by atoms with E-state index in [1.54, 1.807) is 18.5 Å². The fourth-order valence-electron chi connectivity index (χ4n) is 2.21. The lowest BCUT2D eigenvalue weighted by Crippen LogP contribution is -1.84. The summed E-state index contributed by atoms with van der Waals surface area (Å²) < 4.78 is 13.2. The molecule has 2 aromatic rings. The van der Waals surface area contributed by atoms with Crippen LogP contribution in [0.15, 0.2) is 36.9 Å². The summed E-state index contributed by atoms with van der Waals surface area (Å²) in [5.41, 5.74) is 4.36. The van der Waals surface area contributed by atoms with Crippen LogP contribution in [-0.2, 0) is 6.42 Å². The van der Waals surface area contributed by atoms with Crippen molar-refractivity contribution >= 4 is 11.6 Å². The number of fused-ring (bicyclic) bond motifs is 1. The highest BCUT2D eigenvalue weighted by atomic mass is 19.1. The van der Waals surface area contributed by atoms with Crippen LogP contribution in [0.25, 0.3) is 11.6 Å². The zero-order chi connectivity index (χ0) is 11.7. The molecule has 2 nitrogen and oxygen atoms in total. The van der Waals surface area contributed by atoms with Crippen LogP contribution in [0.1, 0.15) is 23.1 Å². The topological polar surface area (TPSA) is 25.8 Å². The van der Waals surface area contributed by atoms with E-state index < -0.39 is 0 Å². The van der Waals surface area contributed by atoms with Gasteiger partial charge in [0.1, 0.15) is 12.1 Å². The predicted octanol–water partition coefficient (Wildman–Crippen LogP) is 3.10. The standard InChI is InChI=1S/C14H11FN2/c15-13-4-3-11-1-2-12(14(11)6-13)5-10-7-16-9-17-8-10/h3-9H,1-2H2/b12-5-. The molecule has 3 heteroatoms. The Hall–Kier alpha value is -2.03. The molecule has 1 aromatic heterocycles. The van der Waals surface area contributed by atoms with E-state index in [1.807, 2.05) is 12.1 Å². The normalized spacial score (nSPS) is 16.2. The molecule has 0 spiro atoms. The number of halogens is 1. The molecule has 0 amide bonds. The molecule has 1 aliphatic carbocycles. The average Bonchev–Trinajstić information content (AvgIpc) is 2.73. The summed E-state index contributed by atoms with van der Waals surface area (Å²) in [6.45, 7) is 0. The Kier molecular flexibility index (Phi) is 2.44. The van der Waals surface area contributed by atoms with Gasteiger partial charge in [0.05, 0.1) is 0 Å². The van der Waals surface area contributed by atoms with Gasteiger partial charge in [-0.25, -0.2) is 14.4 Å². The number of allylic oxidation sites excluding steroid dienone is 1. The first-order valence-electron chi connectivity index (χ1n) is 5.57. The molecule has 0 radical (unpaired) electrons. The van der Waals surface area contributed by atoms with Crippen LogP contribution in [0, 0.1) is 5.82 Å². The van der Waals surface area contributed by atoms with Crippen LogP contribution in [0.3, 0.4) is 0 Å². The molecule has 0 saturated heterocycles. The van der Waals surface area contributed by atoms with Crippen molar-refractivity contribution in [2.24, 2.45) is 0 Å². The predicted molar refractivity (Wildman–Crippen MR) is 64.6 cm³/mol. The maximum Gasteiger partial charge on any atom is 0.123 e. The minimum absolute atomic E-state index is 0.180. The number of aromatic nitrogens is 2. The van der Waals surface area contributed by atoms with Gasteiger partial charge in [-0.2, -0.15) is 0 Å². The minimum atomic E-state index is -0.180. The van der Waals surface area contributed by atoms with E-state index in [1.165, 1.54) is 18.0 Å². The third-order valence-electron chi connectivity index (χ3n) is 3.00. The summed E-state index contributed by atoms with van der Waals surface area (Å²) >= 11 is 0. The SMILES string of the molecule is Fc1ccc2c(c1)/C(=C\c1cncnc1)CC2. The van der Waals surface area contributed by atoms with Crippen molar-refractivity contribution < 1.29 is 4.39 Å². The summed E-state index contributed by atoms with van der Waals surface area (Å²) in [4.78, 5) is 7.94. The summed E-state index contributed by atoms with van der Waals surface area (Å²) in [6.07, 6.45) is 8.99. The van der Waals surface area contributed by atoms with Gasteiger partial charge in [0.15, 0.2) is 0 Å². The maximum absolute atomic E-state index is 13.2. The van der Waals surface area contributed by atoms with Crippen molar-refractivity contribution in [2.45, 2.75) is 12.8 Å². The van der Waals surface area contributed by atoms with Gasteiger partial charge < -0.3 is 0 Å². The van der Waals surface area contributed by atoms with Gasteiger partial charge in [0.25, 0.3) is 0 Å². The quantitative estimate of drug-likeness (QED) is 0.746. The molecule has 0 unspecified atom stereocenters. The molecular weight excluding hydrogens is 215 g/mol. The van der Waals surface area contributed by atoms with Crippen LogP contribution in [0.4, 0.5) is 4.39 Å². The maximum atomic E-state index is 13.2. The van der Waals surface area contributed by atoms with Gasteiger partial charge in [-0.1, -0.05) is 6.07 Å². The first-order valence-corrected chi connectivity index (χ1v) is 5.57. The smallest absolute Gasteiger partial charge is 0.123 e. The van der Waals surface area contributed by atoms with E-state index in [2.05, 4.69) is 9.97 Å². The Labute approximate surface area is 98.9 Å². The van der Waals surface area contributed by atoms with Crippen molar-refractivity contribution in [3.8, 4) is 0 Å². The molecule has 0 aliphatic heterocycles. The van der Waals surface area contributed by atoms with E-state index in [0.29, 0.717) is 0 Å². The molecule has 0 bridgehead atoms. The number of benzene rings is 1. The summed E-state index contributed by atoms with van der Waals surface area (Å²) in [6, 6.07) is 5.00. The Morgan fingerprint density at radius 1 is 1.12 bits per heavy atom. The second-order valence-corrected chi connectivity index (χ2v) is 4.14. The van der Waals surface area contributed by atoms with Crippen molar-refractivity contribution in [1.29, 1.82) is 0 Å². The molecule has 1 aromatic carbocycles. The fourth-order valence-corrected chi connectivity index (χ4v) is 2.21. The van der Waals surface area contributed by atoms with Gasteiger partial charge >= 0.3 is 0 Å². The third kappa shape index (κ3) is 1.96. The molecule has 0 N–H and O–H groups in total. The first-order chi connectivity index (χ1) is 8.33. The molecule has 17 heavy (non-hydrogen) atoms. The molecule has 1 heterocycles. The molecule has 0 atom stereocenters. The summed E-state index contributed by atoms with van der Waals surface area (Å²) in [5.74, 6) is -0.180. The second-order valence-electron chi connectivity index (χ2n) is 4.14. The first kappa shape index (κ1) is 10.1. The van der Waals surface area contributed by atoms with Crippen LogP contribution >= 0.6 is 0 Å². The van der Waals surface area contributed by atoms with Crippen molar-refractivity contribution in [1.82, 2.24) is 9.97 Å². The molecule has 1 aliphatic rings. The highest BCUT2D eigenvalue weighted by Crippen LogP contribution is 2.33. The Balaban J connectivity index is 2.04. The van der Waals surface area contributed by atoms with E-state index >= 15 is 0 Å². The van der Waals surface area contributed by atoms with Crippen LogP contribution in [-0.4, -0.2) is 9.97 Å². The number of rotatable bonds is 1. The van der Waals surface area contributed by atoms with Gasteiger partial charge in [0.2, 0.25) is 0 Å². The molecular formula is C14H11FN2. The second kappa shape index (κ2) is 4.09. The number of nitrogens with zero attached hydrogens (tertiary/aromatic N) is 2. The van der Waals surface area contributed by atoms with Crippen LogP contribution in [0.5, 0.6) is 0 Å². The number of aryl methyl sites for hydroxylation is 1. The van der Waals surface area contributed by atoms with Gasteiger partial charge in [-0.05, 0) is 47.8 Å². The van der Waals surface area contributed by atoms with Crippen molar-refractivity contribution in [2.75, 3.05) is 0 Å². The fraction of sp³-hybridized carbons (Fsp3) is 0.143. The molecule has 0 fully saturated rings. The van der Waals surface area contributed by atoms with Crippen LogP contribution < -0.4 is 0 Å². The lowest BCUT2D eigenvalue weighted by atomic mass is 10.1. The van der Waals surface area contributed by atoms with E-state index in [9.17, 15) is 4.39 Å². The van der Waals surface area contributed by atoms with Gasteiger partial charge in [-0.3, -0.25) is 0 Å². The lowest BCUT2D eigenvalue weighted by Gasteiger charge is -2.01. The number of hydrogen-bond acceptors (Lipinski definition) is 2. The largest absolute Gasteiger partial charge is 0.244 e.